The number of aliphatic hydroxyl groups excluding tert-OH is 1. The van der Waals surface area contributed by atoms with Gasteiger partial charge in [-0.15, -0.1) is 0 Å². The lowest BCUT2D eigenvalue weighted by molar-refractivity contribution is -0.183. The van der Waals surface area contributed by atoms with E-state index in [0.29, 0.717) is 12.8 Å². The molecule has 0 aromatic heterocycles. The van der Waals surface area contributed by atoms with Crippen LogP contribution in [0, 0.1) is 17.3 Å². The van der Waals surface area contributed by atoms with Gasteiger partial charge in [-0.25, -0.2) is 4.79 Å². The van der Waals surface area contributed by atoms with Gasteiger partial charge in [-0.05, 0) is 56.3 Å². The van der Waals surface area contributed by atoms with Crippen molar-refractivity contribution in [2.75, 3.05) is 0 Å². The molecule has 0 heterocycles. The van der Waals surface area contributed by atoms with E-state index in [0.717, 1.165) is 19.3 Å². The first-order valence-corrected chi connectivity index (χ1v) is 7.01. The Kier molecular flexibility index (Phi) is 3.52. The van der Waals surface area contributed by atoms with E-state index in [1.165, 1.54) is 0 Å². The molecule has 0 amide bonds. The SMILES string of the molecule is C=C(C(=O)O)[C@@H]1CC[C@]2(C)CC[C@@H](O)[C@](C)(O)[C@H]2C1. The van der Waals surface area contributed by atoms with Gasteiger partial charge in [0.1, 0.15) is 0 Å². The molecule has 0 saturated heterocycles. The monoisotopic (exact) mass is 268 g/mol. The Labute approximate surface area is 114 Å². The molecule has 2 fully saturated rings. The lowest BCUT2D eigenvalue weighted by Crippen LogP contribution is -2.58. The molecule has 19 heavy (non-hydrogen) atoms. The van der Waals surface area contributed by atoms with Crippen molar-refractivity contribution < 1.29 is 20.1 Å². The molecule has 5 atom stereocenters. The largest absolute Gasteiger partial charge is 0.478 e. The van der Waals surface area contributed by atoms with Gasteiger partial charge in [-0.3, -0.25) is 0 Å². The maximum atomic E-state index is 11.1. The quantitative estimate of drug-likeness (QED) is 0.669. The second-order valence-electron chi connectivity index (χ2n) is 6.79. The summed E-state index contributed by atoms with van der Waals surface area (Å²) in [6.07, 6.45) is 3.08. The molecule has 2 saturated carbocycles. The zero-order valence-electron chi connectivity index (χ0n) is 11.7. The molecule has 0 spiro atoms. The third-order valence-corrected chi connectivity index (χ3v) is 5.56. The van der Waals surface area contributed by atoms with Crippen LogP contribution in [-0.4, -0.2) is 33.0 Å². The third-order valence-electron chi connectivity index (χ3n) is 5.56. The van der Waals surface area contributed by atoms with E-state index in [-0.39, 0.29) is 22.8 Å². The van der Waals surface area contributed by atoms with E-state index < -0.39 is 17.7 Å². The number of hydrogen-bond acceptors (Lipinski definition) is 3. The summed E-state index contributed by atoms with van der Waals surface area (Å²) in [4.78, 5) is 11.1. The Morgan fingerprint density at radius 2 is 1.84 bits per heavy atom. The van der Waals surface area contributed by atoms with Gasteiger partial charge in [-0.2, -0.15) is 0 Å². The molecule has 0 radical (unpaired) electrons. The van der Waals surface area contributed by atoms with Crippen LogP contribution in [0.15, 0.2) is 12.2 Å². The smallest absolute Gasteiger partial charge is 0.331 e. The summed E-state index contributed by atoms with van der Waals surface area (Å²) in [6, 6.07) is 0. The minimum atomic E-state index is -1.13. The highest BCUT2D eigenvalue weighted by molar-refractivity contribution is 5.86. The average Bonchev–Trinajstić information content (AvgIpc) is 2.34. The summed E-state index contributed by atoms with van der Waals surface area (Å²) in [5.74, 6) is -1.12. The summed E-state index contributed by atoms with van der Waals surface area (Å²) >= 11 is 0. The maximum absolute atomic E-state index is 11.1. The number of carboxylic acid groups (broad SMARTS) is 1. The zero-order chi connectivity index (χ0) is 14.4. The fourth-order valence-corrected chi connectivity index (χ4v) is 4.09. The Hall–Kier alpha value is -0.870. The lowest BCUT2D eigenvalue weighted by atomic mass is 9.52. The Bertz CT molecular complexity index is 396. The average molecular weight is 268 g/mol. The van der Waals surface area contributed by atoms with Gasteiger partial charge in [0, 0.05) is 5.57 Å². The molecule has 4 nitrogen and oxygen atoms in total. The number of carboxylic acids is 1. The highest BCUT2D eigenvalue weighted by Gasteiger charge is 2.55. The predicted molar refractivity (Wildman–Crippen MR) is 71.6 cm³/mol. The van der Waals surface area contributed by atoms with Crippen LogP contribution in [0.4, 0.5) is 0 Å². The third kappa shape index (κ3) is 2.32. The molecule has 0 aromatic carbocycles. The minimum Gasteiger partial charge on any atom is -0.478 e. The summed E-state index contributed by atoms with van der Waals surface area (Å²) in [7, 11) is 0. The summed E-state index contributed by atoms with van der Waals surface area (Å²) < 4.78 is 0. The van der Waals surface area contributed by atoms with E-state index in [1.807, 2.05) is 0 Å². The van der Waals surface area contributed by atoms with Gasteiger partial charge in [0.15, 0.2) is 0 Å². The van der Waals surface area contributed by atoms with Crippen LogP contribution in [0.3, 0.4) is 0 Å². The molecular weight excluding hydrogens is 244 g/mol. The van der Waals surface area contributed by atoms with Crippen molar-refractivity contribution in [1.82, 2.24) is 0 Å². The minimum absolute atomic E-state index is 0.00197. The second kappa shape index (κ2) is 4.60. The topological polar surface area (TPSA) is 77.8 Å². The van der Waals surface area contributed by atoms with Crippen molar-refractivity contribution in [1.29, 1.82) is 0 Å². The van der Waals surface area contributed by atoms with Crippen molar-refractivity contribution in [3.05, 3.63) is 12.2 Å². The Morgan fingerprint density at radius 1 is 1.26 bits per heavy atom. The summed E-state index contributed by atoms with van der Waals surface area (Å²) in [5.41, 5.74) is -0.902. The van der Waals surface area contributed by atoms with Gasteiger partial charge in [-0.1, -0.05) is 13.5 Å². The van der Waals surface area contributed by atoms with Gasteiger partial charge >= 0.3 is 5.97 Å². The molecule has 2 rings (SSSR count). The standard InChI is InChI=1S/C15H24O4/c1-9(13(17)18)10-4-6-14(2)7-5-12(16)15(3,19)11(14)8-10/h10-12,16,19H,1,4-8H2,2-3H3,(H,17,18)/t10-,11+,12-,14-,15-/m1/s1. The maximum Gasteiger partial charge on any atom is 0.331 e. The van der Waals surface area contributed by atoms with Crippen LogP contribution in [0.1, 0.15) is 46.0 Å². The first kappa shape index (κ1) is 14.5. The van der Waals surface area contributed by atoms with E-state index >= 15 is 0 Å². The van der Waals surface area contributed by atoms with Crippen molar-refractivity contribution in [3.63, 3.8) is 0 Å². The molecule has 108 valence electrons. The van der Waals surface area contributed by atoms with Gasteiger partial charge in [0.05, 0.1) is 11.7 Å². The van der Waals surface area contributed by atoms with E-state index in [2.05, 4.69) is 13.5 Å². The number of hydrogen-bond donors (Lipinski definition) is 3. The Balaban J connectivity index is 2.24. The molecule has 3 N–H and O–H groups in total. The predicted octanol–water partition coefficient (Wildman–Crippen LogP) is 1.96. The highest BCUT2D eigenvalue weighted by atomic mass is 16.4. The number of rotatable bonds is 2. The van der Waals surface area contributed by atoms with Crippen LogP contribution in [0.5, 0.6) is 0 Å². The second-order valence-corrected chi connectivity index (χ2v) is 6.79. The molecular formula is C15H24O4. The van der Waals surface area contributed by atoms with E-state index in [1.54, 1.807) is 6.92 Å². The summed E-state index contributed by atoms with van der Waals surface area (Å²) in [6.45, 7) is 7.50. The number of carbonyl (C=O) groups is 1. The van der Waals surface area contributed by atoms with Crippen LogP contribution < -0.4 is 0 Å². The molecule has 2 aliphatic rings. The van der Waals surface area contributed by atoms with Gasteiger partial charge in [0.25, 0.3) is 0 Å². The van der Waals surface area contributed by atoms with Crippen LogP contribution >= 0.6 is 0 Å². The number of aliphatic hydroxyl groups is 2. The number of fused-ring (bicyclic) bond motifs is 1. The lowest BCUT2D eigenvalue weighted by Gasteiger charge is -2.55. The zero-order valence-corrected chi connectivity index (χ0v) is 11.7. The first-order chi connectivity index (χ1) is 8.68. The van der Waals surface area contributed by atoms with Crippen molar-refractivity contribution in [3.8, 4) is 0 Å². The fraction of sp³-hybridized carbons (Fsp3) is 0.800. The molecule has 0 bridgehead atoms. The molecule has 0 aliphatic heterocycles. The van der Waals surface area contributed by atoms with Gasteiger partial charge < -0.3 is 15.3 Å². The highest BCUT2D eigenvalue weighted by Crippen LogP contribution is 2.56. The Morgan fingerprint density at radius 3 is 2.42 bits per heavy atom. The molecule has 0 aromatic rings. The van der Waals surface area contributed by atoms with Crippen molar-refractivity contribution in [2.24, 2.45) is 17.3 Å². The first-order valence-electron chi connectivity index (χ1n) is 7.01. The van der Waals surface area contributed by atoms with Crippen LogP contribution in [-0.2, 0) is 4.79 Å². The van der Waals surface area contributed by atoms with E-state index in [9.17, 15) is 15.0 Å². The van der Waals surface area contributed by atoms with Gasteiger partial charge in [0.2, 0.25) is 0 Å². The summed E-state index contributed by atoms with van der Waals surface area (Å²) in [5, 5.41) is 29.7. The number of aliphatic carboxylic acids is 1. The van der Waals surface area contributed by atoms with Crippen molar-refractivity contribution in [2.45, 2.75) is 57.7 Å². The molecule has 2 aliphatic carbocycles. The normalized spacial score (nSPS) is 46.4. The van der Waals surface area contributed by atoms with E-state index in [4.69, 9.17) is 5.11 Å². The van der Waals surface area contributed by atoms with Crippen molar-refractivity contribution >= 4 is 5.97 Å². The fourth-order valence-electron chi connectivity index (χ4n) is 4.09. The van der Waals surface area contributed by atoms with Crippen LogP contribution in [0.2, 0.25) is 0 Å². The molecule has 4 heteroatoms. The van der Waals surface area contributed by atoms with Crippen LogP contribution in [0.25, 0.3) is 0 Å². The molecule has 0 unspecified atom stereocenters.